The molecule has 164 valence electrons. The topological polar surface area (TPSA) is 28.1 Å². The van der Waals surface area contributed by atoms with Gasteiger partial charge in [0.1, 0.15) is 5.75 Å². The highest BCUT2D eigenvalue weighted by atomic mass is 79.9. The van der Waals surface area contributed by atoms with Crippen molar-refractivity contribution in [1.82, 2.24) is 9.91 Å². The minimum Gasteiger partial charge on any atom is -0.466 e. The zero-order valence-corrected chi connectivity index (χ0v) is 20.2. The first kappa shape index (κ1) is 20.3. The van der Waals surface area contributed by atoms with E-state index in [0.29, 0.717) is 6.04 Å². The highest BCUT2D eigenvalue weighted by Gasteiger charge is 2.52. The second-order valence-corrected chi connectivity index (χ2v) is 10.4. The smallest absolute Gasteiger partial charge is 0.200 e. The minimum absolute atomic E-state index is 0.211. The Kier molecular flexibility index (Phi) is 4.81. The van der Waals surface area contributed by atoms with E-state index in [2.05, 4.69) is 100 Å². The van der Waals surface area contributed by atoms with Gasteiger partial charge in [-0.2, -0.15) is 5.10 Å². The lowest BCUT2D eigenvalue weighted by atomic mass is 9.90. The standard InChI is InChI=1S/C27H28BrN3O/c1-18(2)30-13-11-27(12-14-30)31-25(23-16-22(28)9-10-26(23)32-27)17-24(29-31)21-8-7-19-5-3-4-6-20(19)15-21/h3-10,15-16,18,25H,11-14,17H2,1-2H3. The van der Waals surface area contributed by atoms with Gasteiger partial charge in [0, 0.05) is 48.4 Å². The van der Waals surface area contributed by atoms with Crippen molar-refractivity contribution in [3.05, 3.63) is 76.3 Å². The van der Waals surface area contributed by atoms with Crippen LogP contribution in [0, 0.1) is 0 Å². The van der Waals surface area contributed by atoms with Crippen molar-refractivity contribution in [2.45, 2.75) is 50.9 Å². The summed E-state index contributed by atoms with van der Waals surface area (Å²) in [6.07, 6.45) is 2.83. The molecule has 1 atom stereocenters. The third kappa shape index (κ3) is 3.25. The maximum atomic E-state index is 6.78. The van der Waals surface area contributed by atoms with Crippen molar-refractivity contribution in [2.75, 3.05) is 13.1 Å². The van der Waals surface area contributed by atoms with Gasteiger partial charge in [-0.05, 0) is 54.4 Å². The normalized spacial score (nSPS) is 22.1. The van der Waals surface area contributed by atoms with Gasteiger partial charge >= 0.3 is 0 Å². The number of piperidine rings is 1. The Bertz CT molecular complexity index is 1210. The SMILES string of the molecule is CC(C)N1CCC2(CC1)Oc1ccc(Br)cc1C1CC(c3ccc4ccccc4c3)=NN12. The quantitative estimate of drug-likeness (QED) is 0.419. The number of fused-ring (bicyclic) bond motifs is 5. The Morgan fingerprint density at radius 1 is 1.00 bits per heavy atom. The van der Waals surface area contributed by atoms with E-state index in [-0.39, 0.29) is 11.8 Å². The molecular weight excluding hydrogens is 462 g/mol. The maximum Gasteiger partial charge on any atom is 0.200 e. The third-order valence-corrected chi connectivity index (χ3v) is 7.84. The summed E-state index contributed by atoms with van der Waals surface area (Å²) in [7, 11) is 0. The summed E-state index contributed by atoms with van der Waals surface area (Å²) in [5.74, 6) is 1.02. The third-order valence-electron chi connectivity index (χ3n) is 7.35. The van der Waals surface area contributed by atoms with Crippen LogP contribution in [-0.4, -0.2) is 40.5 Å². The van der Waals surface area contributed by atoms with Gasteiger partial charge in [0.15, 0.2) is 0 Å². The predicted octanol–water partition coefficient (Wildman–Crippen LogP) is 6.35. The van der Waals surface area contributed by atoms with Crippen LogP contribution in [0.15, 0.2) is 70.2 Å². The van der Waals surface area contributed by atoms with Crippen LogP contribution in [0.3, 0.4) is 0 Å². The molecule has 0 radical (unpaired) electrons. The van der Waals surface area contributed by atoms with Crippen LogP contribution in [0.5, 0.6) is 5.75 Å². The number of halogens is 1. The summed E-state index contributed by atoms with van der Waals surface area (Å²) in [6.45, 7) is 6.63. The van der Waals surface area contributed by atoms with Crippen LogP contribution in [0.2, 0.25) is 0 Å². The van der Waals surface area contributed by atoms with Crippen molar-refractivity contribution in [1.29, 1.82) is 0 Å². The highest BCUT2D eigenvalue weighted by Crippen LogP contribution is 2.50. The molecule has 0 aliphatic carbocycles. The molecule has 3 aromatic rings. The Labute approximate surface area is 198 Å². The summed E-state index contributed by atoms with van der Waals surface area (Å²) in [5.41, 5.74) is 3.23. The van der Waals surface area contributed by atoms with Gasteiger partial charge in [-0.1, -0.05) is 52.3 Å². The zero-order chi connectivity index (χ0) is 21.9. The molecule has 0 amide bonds. The van der Waals surface area contributed by atoms with Gasteiger partial charge < -0.3 is 9.64 Å². The first-order chi connectivity index (χ1) is 15.5. The molecule has 32 heavy (non-hydrogen) atoms. The fourth-order valence-electron chi connectivity index (χ4n) is 5.52. The van der Waals surface area contributed by atoms with Crippen LogP contribution < -0.4 is 4.74 Å². The van der Waals surface area contributed by atoms with Gasteiger partial charge in [0.2, 0.25) is 5.72 Å². The fourth-order valence-corrected chi connectivity index (χ4v) is 5.90. The lowest BCUT2D eigenvalue weighted by molar-refractivity contribution is -0.152. The van der Waals surface area contributed by atoms with Crippen molar-refractivity contribution in [3.8, 4) is 5.75 Å². The van der Waals surface area contributed by atoms with Crippen molar-refractivity contribution in [2.24, 2.45) is 5.10 Å². The molecule has 1 fully saturated rings. The van der Waals surface area contributed by atoms with Crippen molar-refractivity contribution in [3.63, 3.8) is 0 Å². The second-order valence-electron chi connectivity index (χ2n) is 9.53. The number of rotatable bonds is 2. The molecule has 1 saturated heterocycles. The Morgan fingerprint density at radius 2 is 1.78 bits per heavy atom. The molecule has 6 rings (SSSR count). The number of benzene rings is 3. The summed E-state index contributed by atoms with van der Waals surface area (Å²) < 4.78 is 7.87. The zero-order valence-electron chi connectivity index (χ0n) is 18.6. The van der Waals surface area contributed by atoms with Crippen LogP contribution >= 0.6 is 15.9 Å². The molecule has 5 heteroatoms. The van der Waals surface area contributed by atoms with E-state index in [9.17, 15) is 0 Å². The number of hydrogen-bond donors (Lipinski definition) is 0. The molecule has 3 aliphatic heterocycles. The average molecular weight is 490 g/mol. The van der Waals surface area contributed by atoms with Gasteiger partial charge in [-0.25, -0.2) is 5.01 Å². The second kappa shape index (κ2) is 7.60. The monoisotopic (exact) mass is 489 g/mol. The van der Waals surface area contributed by atoms with E-state index in [4.69, 9.17) is 9.84 Å². The first-order valence-corrected chi connectivity index (χ1v) is 12.4. The number of hydrazone groups is 1. The van der Waals surface area contributed by atoms with Gasteiger partial charge in [0.25, 0.3) is 0 Å². The Hall–Kier alpha value is -2.37. The van der Waals surface area contributed by atoms with E-state index in [1.807, 2.05) is 0 Å². The van der Waals surface area contributed by atoms with Gasteiger partial charge in [-0.15, -0.1) is 0 Å². The van der Waals surface area contributed by atoms with E-state index >= 15 is 0 Å². The number of nitrogens with zero attached hydrogens (tertiary/aromatic N) is 3. The lowest BCUT2D eigenvalue weighted by Gasteiger charge is -2.51. The summed E-state index contributed by atoms with van der Waals surface area (Å²) in [6, 6.07) is 22.4. The molecule has 4 nitrogen and oxygen atoms in total. The Balaban J connectivity index is 1.41. The maximum absolute atomic E-state index is 6.78. The lowest BCUT2D eigenvalue weighted by Crippen LogP contribution is -2.59. The number of likely N-dealkylation sites (tertiary alicyclic amines) is 1. The molecule has 0 N–H and O–H groups in total. The molecule has 0 aromatic heterocycles. The average Bonchev–Trinajstić information content (AvgIpc) is 3.27. The summed E-state index contributed by atoms with van der Waals surface area (Å²) in [5, 5.41) is 10.1. The molecule has 3 aliphatic rings. The van der Waals surface area contributed by atoms with Crippen LogP contribution in [0.1, 0.15) is 50.3 Å². The molecular formula is C27H28BrN3O. The molecule has 3 heterocycles. The van der Waals surface area contributed by atoms with E-state index < -0.39 is 0 Å². The Morgan fingerprint density at radius 3 is 2.56 bits per heavy atom. The molecule has 1 unspecified atom stereocenters. The van der Waals surface area contributed by atoms with E-state index in [1.54, 1.807) is 0 Å². The molecule has 1 spiro atoms. The largest absolute Gasteiger partial charge is 0.466 e. The molecule has 3 aromatic carbocycles. The molecule has 0 bridgehead atoms. The first-order valence-electron chi connectivity index (χ1n) is 11.6. The molecule has 0 saturated carbocycles. The summed E-state index contributed by atoms with van der Waals surface area (Å²) >= 11 is 3.67. The van der Waals surface area contributed by atoms with E-state index in [1.165, 1.54) is 21.9 Å². The van der Waals surface area contributed by atoms with Crippen LogP contribution in [0.25, 0.3) is 10.8 Å². The number of hydrogen-bond acceptors (Lipinski definition) is 4. The van der Waals surface area contributed by atoms with Crippen LogP contribution in [-0.2, 0) is 0 Å². The minimum atomic E-state index is -0.366. The fraction of sp³-hybridized carbons (Fsp3) is 0.370. The number of ether oxygens (including phenoxy) is 1. The van der Waals surface area contributed by atoms with Crippen molar-refractivity contribution < 1.29 is 4.74 Å². The van der Waals surface area contributed by atoms with Gasteiger partial charge in [0.05, 0.1) is 11.8 Å². The van der Waals surface area contributed by atoms with Crippen LogP contribution in [0.4, 0.5) is 0 Å². The van der Waals surface area contributed by atoms with E-state index in [0.717, 1.165) is 48.3 Å². The predicted molar refractivity (Wildman–Crippen MR) is 133 cm³/mol. The van der Waals surface area contributed by atoms with Crippen molar-refractivity contribution >= 4 is 32.4 Å². The summed E-state index contributed by atoms with van der Waals surface area (Å²) in [4.78, 5) is 2.55. The highest BCUT2D eigenvalue weighted by molar-refractivity contribution is 9.10. The van der Waals surface area contributed by atoms with Gasteiger partial charge in [-0.3, -0.25) is 0 Å².